The Balaban J connectivity index is 2.02. The molecule has 5 heteroatoms. The SMILES string of the molecule is CCOC(=O)C1CCCN1C(=O)Cc1cccc(N)c1. The van der Waals surface area contributed by atoms with E-state index in [9.17, 15) is 9.59 Å². The van der Waals surface area contributed by atoms with Crippen molar-refractivity contribution in [2.75, 3.05) is 18.9 Å². The van der Waals surface area contributed by atoms with Gasteiger partial charge in [-0.05, 0) is 37.5 Å². The van der Waals surface area contributed by atoms with Crippen molar-refractivity contribution < 1.29 is 14.3 Å². The fraction of sp³-hybridized carbons (Fsp3) is 0.467. The Labute approximate surface area is 118 Å². The Hall–Kier alpha value is -2.04. The lowest BCUT2D eigenvalue weighted by Gasteiger charge is -2.23. The molecule has 1 atom stereocenters. The molecule has 0 spiro atoms. The van der Waals surface area contributed by atoms with Crippen molar-refractivity contribution >= 4 is 17.6 Å². The van der Waals surface area contributed by atoms with Gasteiger partial charge in [0.15, 0.2) is 0 Å². The zero-order valence-corrected chi connectivity index (χ0v) is 11.7. The summed E-state index contributed by atoms with van der Waals surface area (Å²) in [5.41, 5.74) is 7.21. The van der Waals surface area contributed by atoms with E-state index in [0.29, 0.717) is 25.3 Å². The number of carbonyl (C=O) groups excluding carboxylic acids is 2. The highest BCUT2D eigenvalue weighted by Gasteiger charge is 2.34. The van der Waals surface area contributed by atoms with Crippen LogP contribution in [0.15, 0.2) is 24.3 Å². The van der Waals surface area contributed by atoms with Crippen molar-refractivity contribution in [1.82, 2.24) is 4.90 Å². The molecule has 1 aliphatic rings. The second kappa shape index (κ2) is 6.41. The number of nitrogen functional groups attached to an aromatic ring is 1. The molecule has 0 aliphatic carbocycles. The molecule has 0 radical (unpaired) electrons. The number of likely N-dealkylation sites (tertiary alicyclic amines) is 1. The van der Waals surface area contributed by atoms with Gasteiger partial charge in [-0.1, -0.05) is 12.1 Å². The molecule has 1 amide bonds. The molecule has 5 nitrogen and oxygen atoms in total. The number of anilines is 1. The highest BCUT2D eigenvalue weighted by molar-refractivity contribution is 5.86. The van der Waals surface area contributed by atoms with E-state index < -0.39 is 6.04 Å². The Morgan fingerprint density at radius 1 is 1.45 bits per heavy atom. The molecule has 20 heavy (non-hydrogen) atoms. The lowest BCUT2D eigenvalue weighted by molar-refractivity contribution is -0.152. The van der Waals surface area contributed by atoms with Crippen molar-refractivity contribution in [2.24, 2.45) is 0 Å². The Morgan fingerprint density at radius 3 is 2.95 bits per heavy atom. The number of esters is 1. The van der Waals surface area contributed by atoms with Gasteiger partial charge in [-0.3, -0.25) is 4.79 Å². The van der Waals surface area contributed by atoms with E-state index in [1.54, 1.807) is 24.0 Å². The number of amides is 1. The number of nitrogens with zero attached hydrogens (tertiary/aromatic N) is 1. The summed E-state index contributed by atoms with van der Waals surface area (Å²) in [6, 6.07) is 6.83. The first-order valence-corrected chi connectivity index (χ1v) is 6.92. The minimum Gasteiger partial charge on any atom is -0.464 e. The number of hydrogen-bond donors (Lipinski definition) is 1. The summed E-state index contributed by atoms with van der Waals surface area (Å²) in [5, 5.41) is 0. The van der Waals surface area contributed by atoms with Crippen LogP contribution in [0, 0.1) is 0 Å². The third-order valence-electron chi connectivity index (χ3n) is 3.44. The zero-order chi connectivity index (χ0) is 14.5. The summed E-state index contributed by atoms with van der Waals surface area (Å²) in [6.45, 7) is 2.73. The second-order valence-corrected chi connectivity index (χ2v) is 4.92. The number of benzene rings is 1. The molecule has 1 heterocycles. The maximum atomic E-state index is 12.3. The van der Waals surface area contributed by atoms with Gasteiger partial charge in [0.2, 0.25) is 5.91 Å². The van der Waals surface area contributed by atoms with Crippen LogP contribution in [0.3, 0.4) is 0 Å². The first-order valence-electron chi connectivity index (χ1n) is 6.92. The van der Waals surface area contributed by atoms with Crippen molar-refractivity contribution in [3.8, 4) is 0 Å². The third kappa shape index (κ3) is 3.29. The Bertz CT molecular complexity index is 502. The van der Waals surface area contributed by atoms with Crippen LogP contribution in [0.4, 0.5) is 5.69 Å². The van der Waals surface area contributed by atoms with Crippen LogP contribution >= 0.6 is 0 Å². The maximum Gasteiger partial charge on any atom is 0.328 e. The summed E-state index contributed by atoms with van der Waals surface area (Å²) in [6.07, 6.45) is 1.79. The Kier molecular flexibility index (Phi) is 4.61. The van der Waals surface area contributed by atoms with Crippen LogP contribution in [-0.2, 0) is 20.7 Å². The van der Waals surface area contributed by atoms with Crippen molar-refractivity contribution in [1.29, 1.82) is 0 Å². The number of rotatable bonds is 4. The molecule has 0 aromatic heterocycles. The average molecular weight is 276 g/mol. The minimum atomic E-state index is -0.427. The summed E-state index contributed by atoms with van der Waals surface area (Å²) in [4.78, 5) is 25.8. The largest absolute Gasteiger partial charge is 0.464 e. The Morgan fingerprint density at radius 2 is 2.25 bits per heavy atom. The highest BCUT2D eigenvalue weighted by Crippen LogP contribution is 2.20. The van der Waals surface area contributed by atoms with Crippen molar-refractivity contribution in [3.05, 3.63) is 29.8 Å². The first-order chi connectivity index (χ1) is 9.61. The first kappa shape index (κ1) is 14.4. The lowest BCUT2D eigenvalue weighted by Crippen LogP contribution is -2.42. The predicted octanol–water partition coefficient (Wildman–Crippen LogP) is 1.37. The van der Waals surface area contributed by atoms with Gasteiger partial charge in [0.25, 0.3) is 0 Å². The summed E-state index contributed by atoms with van der Waals surface area (Å²) < 4.78 is 5.02. The van der Waals surface area contributed by atoms with Crippen molar-refractivity contribution in [3.63, 3.8) is 0 Å². The molecule has 1 aliphatic heterocycles. The van der Waals surface area contributed by atoms with Crippen LogP contribution in [0.1, 0.15) is 25.3 Å². The molecule has 2 rings (SSSR count). The molecule has 1 aromatic carbocycles. The lowest BCUT2D eigenvalue weighted by atomic mass is 10.1. The van der Waals surface area contributed by atoms with Gasteiger partial charge in [0.1, 0.15) is 6.04 Å². The number of hydrogen-bond acceptors (Lipinski definition) is 4. The quantitative estimate of drug-likeness (QED) is 0.666. The maximum absolute atomic E-state index is 12.3. The molecule has 0 bridgehead atoms. The molecule has 108 valence electrons. The molecular weight excluding hydrogens is 256 g/mol. The molecule has 1 aromatic rings. The van der Waals surface area contributed by atoms with E-state index in [1.165, 1.54) is 0 Å². The van der Waals surface area contributed by atoms with Crippen LogP contribution < -0.4 is 5.73 Å². The van der Waals surface area contributed by atoms with E-state index in [4.69, 9.17) is 10.5 Å². The van der Waals surface area contributed by atoms with E-state index in [1.807, 2.05) is 12.1 Å². The third-order valence-corrected chi connectivity index (χ3v) is 3.44. The van der Waals surface area contributed by atoms with Gasteiger partial charge in [-0.2, -0.15) is 0 Å². The van der Waals surface area contributed by atoms with E-state index in [2.05, 4.69) is 0 Å². The predicted molar refractivity (Wildman–Crippen MR) is 75.9 cm³/mol. The summed E-state index contributed by atoms with van der Waals surface area (Å²) in [7, 11) is 0. The smallest absolute Gasteiger partial charge is 0.328 e. The topological polar surface area (TPSA) is 72.6 Å². The number of ether oxygens (including phenoxy) is 1. The van der Waals surface area contributed by atoms with Crippen molar-refractivity contribution in [2.45, 2.75) is 32.2 Å². The van der Waals surface area contributed by atoms with Crippen LogP contribution in [-0.4, -0.2) is 36.0 Å². The van der Waals surface area contributed by atoms with Gasteiger partial charge in [0.05, 0.1) is 13.0 Å². The molecule has 2 N–H and O–H groups in total. The molecule has 1 fully saturated rings. The molecule has 1 saturated heterocycles. The summed E-state index contributed by atoms with van der Waals surface area (Å²) in [5.74, 6) is -0.350. The van der Waals surface area contributed by atoms with Crippen LogP contribution in [0.2, 0.25) is 0 Å². The minimum absolute atomic E-state index is 0.0499. The van der Waals surface area contributed by atoms with Crippen LogP contribution in [0.25, 0.3) is 0 Å². The standard InChI is InChI=1S/C15H20N2O3/c1-2-20-15(19)13-7-4-8-17(13)14(18)10-11-5-3-6-12(16)9-11/h3,5-6,9,13H,2,4,7-8,10,16H2,1H3. The second-order valence-electron chi connectivity index (χ2n) is 4.92. The summed E-state index contributed by atoms with van der Waals surface area (Å²) >= 11 is 0. The monoisotopic (exact) mass is 276 g/mol. The fourth-order valence-electron chi connectivity index (χ4n) is 2.53. The number of carbonyl (C=O) groups is 2. The van der Waals surface area contributed by atoms with E-state index >= 15 is 0 Å². The van der Waals surface area contributed by atoms with Gasteiger partial charge < -0.3 is 15.4 Å². The molecule has 0 saturated carbocycles. The highest BCUT2D eigenvalue weighted by atomic mass is 16.5. The number of nitrogens with two attached hydrogens (primary N) is 1. The normalized spacial score (nSPS) is 18.1. The van der Waals surface area contributed by atoms with Gasteiger partial charge >= 0.3 is 5.97 Å². The van der Waals surface area contributed by atoms with Crippen LogP contribution in [0.5, 0.6) is 0 Å². The molecule has 1 unspecified atom stereocenters. The van der Waals surface area contributed by atoms with E-state index in [-0.39, 0.29) is 18.3 Å². The average Bonchev–Trinajstić information content (AvgIpc) is 2.88. The van der Waals surface area contributed by atoms with Gasteiger partial charge in [-0.25, -0.2) is 4.79 Å². The molecular formula is C15H20N2O3. The fourth-order valence-corrected chi connectivity index (χ4v) is 2.53. The van der Waals surface area contributed by atoms with Gasteiger partial charge in [-0.15, -0.1) is 0 Å². The van der Waals surface area contributed by atoms with E-state index in [0.717, 1.165) is 12.0 Å². The van der Waals surface area contributed by atoms with Gasteiger partial charge in [0, 0.05) is 12.2 Å². The zero-order valence-electron chi connectivity index (χ0n) is 11.7.